The third-order valence-electron chi connectivity index (χ3n) is 5.28. The molecule has 0 aliphatic rings. The fraction of sp³-hybridized carbons (Fsp3) is 0.250. The molecule has 188 valence electrons. The zero-order valence-corrected chi connectivity index (χ0v) is 20.6. The van der Waals surface area contributed by atoms with E-state index in [4.69, 9.17) is 14.2 Å². The molecule has 2 amide bonds. The van der Waals surface area contributed by atoms with Gasteiger partial charge in [-0.15, -0.1) is 0 Å². The Morgan fingerprint density at radius 2 is 1.44 bits per heavy atom. The number of benzene rings is 3. The Morgan fingerprint density at radius 1 is 0.806 bits per heavy atom. The number of rotatable bonds is 11. The van der Waals surface area contributed by atoms with E-state index in [1.807, 2.05) is 62.4 Å². The van der Waals surface area contributed by atoms with E-state index >= 15 is 0 Å². The van der Waals surface area contributed by atoms with Crippen molar-refractivity contribution in [2.75, 3.05) is 25.1 Å². The Labute approximate surface area is 210 Å². The Morgan fingerprint density at radius 3 is 2.17 bits per heavy atom. The average molecular weight is 491 g/mol. The molecule has 1 unspecified atom stereocenters. The van der Waals surface area contributed by atoms with Gasteiger partial charge >= 0.3 is 5.97 Å². The second-order valence-electron chi connectivity index (χ2n) is 8.09. The molecule has 8 heteroatoms. The number of para-hydroxylation sites is 3. The average Bonchev–Trinajstić information content (AvgIpc) is 2.88. The molecule has 3 rings (SSSR count). The van der Waals surface area contributed by atoms with Crippen LogP contribution < -0.4 is 20.1 Å². The van der Waals surface area contributed by atoms with Crippen LogP contribution in [-0.2, 0) is 14.3 Å². The molecule has 0 spiro atoms. The van der Waals surface area contributed by atoms with Gasteiger partial charge in [0.2, 0.25) is 5.91 Å². The Bertz CT molecular complexity index is 1180. The van der Waals surface area contributed by atoms with Crippen LogP contribution in [0.15, 0.2) is 72.8 Å². The van der Waals surface area contributed by atoms with E-state index < -0.39 is 18.0 Å². The van der Waals surface area contributed by atoms with Crippen molar-refractivity contribution in [2.24, 2.45) is 0 Å². The monoisotopic (exact) mass is 490 g/mol. The smallest absolute Gasteiger partial charge is 0.342 e. The van der Waals surface area contributed by atoms with Gasteiger partial charge in [-0.1, -0.05) is 48.5 Å². The summed E-state index contributed by atoms with van der Waals surface area (Å²) in [6, 6.07) is 21.6. The first kappa shape index (κ1) is 26.3. The highest BCUT2D eigenvalue weighted by atomic mass is 16.6. The molecule has 1 atom stereocenters. The molecular formula is C28H30N2O6. The number of esters is 1. The topological polar surface area (TPSA) is 103 Å². The van der Waals surface area contributed by atoms with E-state index in [1.165, 1.54) is 6.92 Å². The fourth-order valence-corrected chi connectivity index (χ4v) is 3.37. The number of aryl methyl sites for hydroxylation is 2. The van der Waals surface area contributed by atoms with Crippen molar-refractivity contribution in [3.8, 4) is 11.5 Å². The van der Waals surface area contributed by atoms with Gasteiger partial charge in [0.25, 0.3) is 5.91 Å². The lowest BCUT2D eigenvalue weighted by atomic mass is 10.1. The van der Waals surface area contributed by atoms with Gasteiger partial charge in [-0.25, -0.2) is 4.79 Å². The van der Waals surface area contributed by atoms with E-state index in [0.717, 1.165) is 16.9 Å². The number of amides is 2. The molecule has 0 heterocycles. The summed E-state index contributed by atoms with van der Waals surface area (Å²) in [6.45, 7) is 5.46. The summed E-state index contributed by atoms with van der Waals surface area (Å²) < 4.78 is 16.6. The van der Waals surface area contributed by atoms with Gasteiger partial charge in [-0.3, -0.25) is 9.59 Å². The largest absolute Gasteiger partial charge is 0.490 e. The standard InChI is InChI=1S/C28H30N2O6/c1-19-10-9-11-20(2)26(19)30-25(31)18-29-27(32)21(3)36-28(33)23-14-7-8-15-24(23)35-17-16-34-22-12-5-4-6-13-22/h4-15,21H,16-18H2,1-3H3,(H,29,32)(H,30,31). The highest BCUT2D eigenvalue weighted by Gasteiger charge is 2.22. The van der Waals surface area contributed by atoms with Crippen molar-refractivity contribution in [3.63, 3.8) is 0 Å². The first-order valence-corrected chi connectivity index (χ1v) is 11.6. The molecule has 0 saturated heterocycles. The normalized spacial score (nSPS) is 11.2. The predicted octanol–water partition coefficient (Wildman–Crippen LogP) is 4.06. The summed E-state index contributed by atoms with van der Waals surface area (Å²) in [7, 11) is 0. The number of carbonyl (C=O) groups is 3. The summed E-state index contributed by atoms with van der Waals surface area (Å²) in [5.41, 5.74) is 2.74. The zero-order valence-electron chi connectivity index (χ0n) is 20.6. The highest BCUT2D eigenvalue weighted by molar-refractivity contribution is 5.97. The van der Waals surface area contributed by atoms with Gasteiger partial charge in [0.15, 0.2) is 6.10 Å². The van der Waals surface area contributed by atoms with Crippen LogP contribution in [0.3, 0.4) is 0 Å². The maximum absolute atomic E-state index is 12.7. The number of hydrogen-bond donors (Lipinski definition) is 2. The predicted molar refractivity (Wildman–Crippen MR) is 136 cm³/mol. The maximum Gasteiger partial charge on any atom is 0.342 e. The summed E-state index contributed by atoms with van der Waals surface area (Å²) in [5.74, 6) is -0.640. The van der Waals surface area contributed by atoms with Crippen molar-refractivity contribution in [2.45, 2.75) is 26.9 Å². The molecule has 0 fully saturated rings. The maximum atomic E-state index is 12.7. The number of anilines is 1. The van der Waals surface area contributed by atoms with Crippen molar-refractivity contribution in [1.29, 1.82) is 0 Å². The number of hydrogen-bond acceptors (Lipinski definition) is 6. The first-order valence-electron chi connectivity index (χ1n) is 11.6. The fourth-order valence-electron chi connectivity index (χ4n) is 3.37. The molecule has 0 saturated carbocycles. The van der Waals surface area contributed by atoms with Crippen molar-refractivity contribution in [3.05, 3.63) is 89.5 Å². The van der Waals surface area contributed by atoms with Crippen LogP contribution in [-0.4, -0.2) is 43.6 Å². The zero-order chi connectivity index (χ0) is 25.9. The van der Waals surface area contributed by atoms with Gasteiger partial charge in [0, 0.05) is 5.69 Å². The SMILES string of the molecule is Cc1cccc(C)c1NC(=O)CNC(=O)C(C)OC(=O)c1ccccc1OCCOc1ccccc1. The lowest BCUT2D eigenvalue weighted by Gasteiger charge is -2.16. The summed E-state index contributed by atoms with van der Waals surface area (Å²) in [5, 5.41) is 5.29. The molecule has 8 nitrogen and oxygen atoms in total. The number of carbonyl (C=O) groups excluding carboxylic acids is 3. The van der Waals surface area contributed by atoms with Gasteiger partial charge in [-0.05, 0) is 56.2 Å². The minimum Gasteiger partial charge on any atom is -0.490 e. The van der Waals surface area contributed by atoms with E-state index in [2.05, 4.69) is 10.6 Å². The van der Waals surface area contributed by atoms with Crippen LogP contribution in [0.5, 0.6) is 11.5 Å². The van der Waals surface area contributed by atoms with Gasteiger partial charge < -0.3 is 24.8 Å². The summed E-state index contributed by atoms with van der Waals surface area (Å²) in [6.07, 6.45) is -1.11. The van der Waals surface area contributed by atoms with Crippen LogP contribution in [0, 0.1) is 13.8 Å². The lowest BCUT2D eigenvalue weighted by Crippen LogP contribution is -2.40. The minimum absolute atomic E-state index is 0.185. The van der Waals surface area contributed by atoms with E-state index in [-0.39, 0.29) is 31.2 Å². The van der Waals surface area contributed by atoms with Gasteiger partial charge in [-0.2, -0.15) is 0 Å². The van der Waals surface area contributed by atoms with E-state index in [1.54, 1.807) is 24.3 Å². The molecule has 0 aliphatic heterocycles. The molecule has 0 radical (unpaired) electrons. The van der Waals surface area contributed by atoms with Gasteiger partial charge in [0.05, 0.1) is 6.54 Å². The third kappa shape index (κ3) is 7.59. The molecule has 0 bridgehead atoms. The quantitative estimate of drug-likeness (QED) is 0.310. The lowest BCUT2D eigenvalue weighted by molar-refractivity contribution is -0.130. The summed E-state index contributed by atoms with van der Waals surface area (Å²) >= 11 is 0. The van der Waals surface area contributed by atoms with Gasteiger partial charge in [0.1, 0.15) is 30.3 Å². The highest BCUT2D eigenvalue weighted by Crippen LogP contribution is 2.20. The summed E-state index contributed by atoms with van der Waals surface area (Å²) in [4.78, 5) is 37.4. The Hall–Kier alpha value is -4.33. The second kappa shape index (κ2) is 12.9. The van der Waals surface area contributed by atoms with Crippen LogP contribution in [0.25, 0.3) is 0 Å². The molecule has 0 aromatic heterocycles. The molecule has 36 heavy (non-hydrogen) atoms. The van der Waals surface area contributed by atoms with Crippen LogP contribution in [0.4, 0.5) is 5.69 Å². The van der Waals surface area contributed by atoms with Crippen LogP contribution >= 0.6 is 0 Å². The Balaban J connectivity index is 1.47. The molecule has 3 aromatic rings. The minimum atomic E-state index is -1.11. The molecule has 0 aliphatic carbocycles. The molecule has 2 N–H and O–H groups in total. The van der Waals surface area contributed by atoms with E-state index in [0.29, 0.717) is 11.4 Å². The molecule has 3 aromatic carbocycles. The first-order chi connectivity index (χ1) is 17.3. The van der Waals surface area contributed by atoms with Crippen LogP contribution in [0.2, 0.25) is 0 Å². The van der Waals surface area contributed by atoms with Crippen molar-refractivity contribution >= 4 is 23.5 Å². The van der Waals surface area contributed by atoms with Crippen molar-refractivity contribution < 1.29 is 28.6 Å². The molecular weight excluding hydrogens is 460 g/mol. The second-order valence-corrected chi connectivity index (χ2v) is 8.09. The van der Waals surface area contributed by atoms with Crippen LogP contribution in [0.1, 0.15) is 28.4 Å². The number of ether oxygens (including phenoxy) is 3. The third-order valence-corrected chi connectivity index (χ3v) is 5.28. The van der Waals surface area contributed by atoms with Crippen molar-refractivity contribution in [1.82, 2.24) is 5.32 Å². The number of nitrogens with one attached hydrogen (secondary N) is 2. The Kier molecular flexibility index (Phi) is 9.45. The van der Waals surface area contributed by atoms with E-state index in [9.17, 15) is 14.4 Å².